The molecule has 5 nitrogen and oxygen atoms in total. The summed E-state index contributed by atoms with van der Waals surface area (Å²) in [5.41, 5.74) is 0.555. The van der Waals surface area contributed by atoms with Gasteiger partial charge in [0.05, 0.1) is 17.4 Å². The molecule has 1 heterocycles. The molecule has 0 saturated heterocycles. The van der Waals surface area contributed by atoms with Crippen LogP contribution < -0.4 is 15.5 Å². The summed E-state index contributed by atoms with van der Waals surface area (Å²) in [7, 11) is 0. The van der Waals surface area contributed by atoms with Crippen LogP contribution in [0.3, 0.4) is 0 Å². The average Bonchev–Trinajstić information content (AvgIpc) is 2.57. The van der Waals surface area contributed by atoms with Crippen LogP contribution in [0.15, 0.2) is 24.3 Å². The van der Waals surface area contributed by atoms with Crippen molar-refractivity contribution in [1.29, 1.82) is 0 Å². The molecule has 0 spiro atoms. The number of hydrogen-bond donors (Lipinski definition) is 2. The zero-order chi connectivity index (χ0) is 18.7. The molecule has 5 heteroatoms. The molecular weight excluding hydrogens is 326 g/mol. The second-order valence-corrected chi connectivity index (χ2v) is 8.13. The largest absolute Gasteiger partial charge is 0.322 e. The number of nitrogens with one attached hydrogen (secondary N) is 2. The van der Waals surface area contributed by atoms with Gasteiger partial charge in [-0.25, -0.2) is 0 Å². The first-order valence-electron chi connectivity index (χ1n) is 9.92. The first-order chi connectivity index (χ1) is 12.4. The zero-order valence-electron chi connectivity index (χ0n) is 16.2. The Labute approximate surface area is 156 Å². The van der Waals surface area contributed by atoms with Gasteiger partial charge in [-0.05, 0) is 45.7 Å². The van der Waals surface area contributed by atoms with Crippen LogP contribution in [0.1, 0.15) is 65.7 Å². The fourth-order valence-corrected chi connectivity index (χ4v) is 4.09. The molecule has 2 N–H and O–H groups in total. The van der Waals surface area contributed by atoms with Gasteiger partial charge < -0.3 is 10.6 Å². The number of carbonyl (C=O) groups is 2. The molecule has 2 aliphatic rings. The molecule has 0 radical (unpaired) electrons. The van der Waals surface area contributed by atoms with Gasteiger partial charge in [0, 0.05) is 6.04 Å². The molecule has 1 aliphatic heterocycles. The third-order valence-corrected chi connectivity index (χ3v) is 5.69. The second kappa shape index (κ2) is 7.78. The van der Waals surface area contributed by atoms with Crippen molar-refractivity contribution in [2.24, 2.45) is 0 Å². The van der Waals surface area contributed by atoms with Gasteiger partial charge in [-0.15, -0.1) is 0 Å². The number of benzene rings is 1. The van der Waals surface area contributed by atoms with Gasteiger partial charge >= 0.3 is 0 Å². The fourth-order valence-electron chi connectivity index (χ4n) is 4.09. The van der Waals surface area contributed by atoms with Crippen molar-refractivity contribution in [3.8, 4) is 0 Å². The summed E-state index contributed by atoms with van der Waals surface area (Å²) in [6.45, 7) is 5.53. The van der Waals surface area contributed by atoms with Gasteiger partial charge in [-0.2, -0.15) is 0 Å². The van der Waals surface area contributed by atoms with Gasteiger partial charge in [0.25, 0.3) is 0 Å². The fraction of sp³-hybridized carbons (Fsp3) is 0.619. The molecule has 1 aromatic carbocycles. The number of nitrogens with zero attached hydrogens (tertiary/aromatic N) is 1. The van der Waals surface area contributed by atoms with E-state index in [0.717, 1.165) is 18.5 Å². The molecular formula is C21H31N3O2. The summed E-state index contributed by atoms with van der Waals surface area (Å²) >= 11 is 0. The third kappa shape index (κ3) is 3.78. The molecule has 1 atom stereocenters. The van der Waals surface area contributed by atoms with Crippen molar-refractivity contribution in [2.45, 2.75) is 83.3 Å². The Hall–Kier alpha value is -1.88. The maximum absolute atomic E-state index is 13.3. The SMILES string of the molecule is C[C@H](NC1CCCCCCC1)C(=O)N1c2ccccc2NC(=O)C1(C)C. The standard InChI is InChI=1S/C21H31N3O2/c1-15(22-16-11-7-5-4-6-8-12-16)19(25)24-18-14-10-9-13-17(18)23-20(26)21(24,2)3/h9-10,13-16,22H,4-8,11-12H2,1-3H3,(H,23,26)/t15-/m0/s1. The first-order valence-corrected chi connectivity index (χ1v) is 9.92. The van der Waals surface area contributed by atoms with E-state index in [1.54, 1.807) is 18.7 Å². The van der Waals surface area contributed by atoms with Crippen molar-refractivity contribution >= 4 is 23.2 Å². The molecule has 1 fully saturated rings. The highest BCUT2D eigenvalue weighted by atomic mass is 16.2. The quantitative estimate of drug-likeness (QED) is 0.864. The van der Waals surface area contributed by atoms with Crippen LogP contribution in [-0.4, -0.2) is 29.4 Å². The summed E-state index contributed by atoms with van der Waals surface area (Å²) in [5.74, 6) is -0.193. The van der Waals surface area contributed by atoms with Crippen LogP contribution in [0.5, 0.6) is 0 Å². The normalized spacial score (nSPS) is 22.0. The number of para-hydroxylation sites is 2. The summed E-state index contributed by atoms with van der Waals surface area (Å²) in [5, 5.41) is 6.46. The molecule has 1 saturated carbocycles. The molecule has 1 aliphatic carbocycles. The van der Waals surface area contributed by atoms with Gasteiger partial charge in [0.2, 0.25) is 11.8 Å². The molecule has 1 aromatic rings. The number of rotatable bonds is 3. The number of anilines is 2. The topological polar surface area (TPSA) is 61.4 Å². The van der Waals surface area contributed by atoms with Crippen LogP contribution in [0, 0.1) is 0 Å². The van der Waals surface area contributed by atoms with E-state index >= 15 is 0 Å². The van der Waals surface area contributed by atoms with Gasteiger partial charge in [0.1, 0.15) is 5.54 Å². The van der Waals surface area contributed by atoms with Crippen LogP contribution >= 0.6 is 0 Å². The summed E-state index contributed by atoms with van der Waals surface area (Å²) in [6, 6.07) is 7.58. The zero-order valence-corrected chi connectivity index (χ0v) is 16.2. The van der Waals surface area contributed by atoms with Gasteiger partial charge in [0.15, 0.2) is 0 Å². The second-order valence-electron chi connectivity index (χ2n) is 8.13. The van der Waals surface area contributed by atoms with E-state index in [4.69, 9.17) is 0 Å². The molecule has 2 amide bonds. The van der Waals surface area contributed by atoms with E-state index in [-0.39, 0.29) is 17.9 Å². The van der Waals surface area contributed by atoms with E-state index in [0.29, 0.717) is 11.7 Å². The highest BCUT2D eigenvalue weighted by Crippen LogP contribution is 2.37. The smallest absolute Gasteiger partial charge is 0.250 e. The Morgan fingerprint density at radius 1 is 1.15 bits per heavy atom. The highest BCUT2D eigenvalue weighted by molar-refractivity contribution is 6.15. The number of hydrogen-bond acceptors (Lipinski definition) is 3. The lowest BCUT2D eigenvalue weighted by atomic mass is 9.94. The summed E-state index contributed by atoms with van der Waals surface area (Å²) in [6.07, 6.45) is 8.59. The summed E-state index contributed by atoms with van der Waals surface area (Å²) < 4.78 is 0. The maximum Gasteiger partial charge on any atom is 0.250 e. The first kappa shape index (κ1) is 18.9. The van der Waals surface area contributed by atoms with Crippen molar-refractivity contribution in [1.82, 2.24) is 5.32 Å². The Bertz CT molecular complexity index is 663. The van der Waals surface area contributed by atoms with Crippen LogP contribution in [-0.2, 0) is 9.59 Å². The lowest BCUT2D eigenvalue weighted by Crippen LogP contribution is -2.62. The molecule has 142 valence electrons. The van der Waals surface area contributed by atoms with Crippen molar-refractivity contribution < 1.29 is 9.59 Å². The third-order valence-electron chi connectivity index (χ3n) is 5.69. The highest BCUT2D eigenvalue weighted by Gasteiger charge is 2.44. The van der Waals surface area contributed by atoms with Crippen LogP contribution in [0.25, 0.3) is 0 Å². The Balaban J connectivity index is 1.79. The molecule has 0 aromatic heterocycles. The molecule has 26 heavy (non-hydrogen) atoms. The van der Waals surface area contributed by atoms with Crippen LogP contribution in [0.4, 0.5) is 11.4 Å². The van der Waals surface area contributed by atoms with E-state index < -0.39 is 5.54 Å². The van der Waals surface area contributed by atoms with Gasteiger partial charge in [-0.3, -0.25) is 14.5 Å². The van der Waals surface area contributed by atoms with E-state index in [1.807, 2.05) is 31.2 Å². The number of carbonyl (C=O) groups excluding carboxylic acids is 2. The van der Waals surface area contributed by atoms with Gasteiger partial charge in [-0.1, -0.05) is 44.2 Å². The minimum atomic E-state index is -0.914. The monoisotopic (exact) mass is 357 g/mol. The minimum absolute atomic E-state index is 0.0423. The Kier molecular flexibility index (Phi) is 5.66. The van der Waals surface area contributed by atoms with Crippen molar-refractivity contribution in [3.63, 3.8) is 0 Å². The van der Waals surface area contributed by atoms with E-state index in [9.17, 15) is 9.59 Å². The number of amides is 2. The molecule has 0 bridgehead atoms. The molecule has 3 rings (SSSR count). The van der Waals surface area contributed by atoms with E-state index in [1.165, 1.54) is 32.1 Å². The predicted octanol–water partition coefficient (Wildman–Crippen LogP) is 3.84. The van der Waals surface area contributed by atoms with Crippen molar-refractivity contribution in [2.75, 3.05) is 10.2 Å². The lowest BCUT2D eigenvalue weighted by molar-refractivity contribution is -0.127. The maximum atomic E-state index is 13.3. The Morgan fingerprint density at radius 2 is 1.77 bits per heavy atom. The average molecular weight is 357 g/mol. The number of fused-ring (bicyclic) bond motifs is 1. The molecule has 0 unspecified atom stereocenters. The summed E-state index contributed by atoms with van der Waals surface area (Å²) in [4.78, 5) is 27.6. The predicted molar refractivity (Wildman–Crippen MR) is 105 cm³/mol. The minimum Gasteiger partial charge on any atom is -0.322 e. The van der Waals surface area contributed by atoms with Crippen LogP contribution in [0.2, 0.25) is 0 Å². The van der Waals surface area contributed by atoms with E-state index in [2.05, 4.69) is 10.6 Å². The lowest BCUT2D eigenvalue weighted by Gasteiger charge is -2.43. The Morgan fingerprint density at radius 3 is 2.46 bits per heavy atom. The van der Waals surface area contributed by atoms with Crippen molar-refractivity contribution in [3.05, 3.63) is 24.3 Å².